The molecule has 0 saturated heterocycles. The van der Waals surface area contributed by atoms with Crippen LogP contribution in [-0.2, 0) is 6.54 Å². The van der Waals surface area contributed by atoms with Crippen LogP contribution in [0.5, 0.6) is 5.75 Å². The lowest BCUT2D eigenvalue weighted by atomic mass is 10.1. The van der Waals surface area contributed by atoms with Crippen molar-refractivity contribution in [1.82, 2.24) is 14.5 Å². The van der Waals surface area contributed by atoms with Crippen molar-refractivity contribution < 1.29 is 9.84 Å². The number of pyridine rings is 1. The van der Waals surface area contributed by atoms with Gasteiger partial charge in [0.25, 0.3) is 5.56 Å². The van der Waals surface area contributed by atoms with Crippen LogP contribution in [0.4, 0.5) is 0 Å². The van der Waals surface area contributed by atoms with Gasteiger partial charge in [-0.1, -0.05) is 12.8 Å². The number of hydrogen-bond acceptors (Lipinski definition) is 5. The third-order valence-corrected chi connectivity index (χ3v) is 4.29. The maximum atomic E-state index is 12.2. The molecular weight excluding hydrogens is 322 g/mol. The molecule has 0 saturated carbocycles. The first kappa shape index (κ1) is 17.2. The Labute approximate surface area is 144 Å². The fourth-order valence-electron chi connectivity index (χ4n) is 3.02. The number of ether oxygens (including phenoxy) is 1. The molecule has 0 atom stereocenters. The second-order valence-corrected chi connectivity index (χ2v) is 5.97. The molecule has 0 radical (unpaired) electrons. The lowest BCUT2D eigenvalue weighted by Crippen LogP contribution is -2.27. The fourth-order valence-corrected chi connectivity index (χ4v) is 3.02. The molecule has 1 aromatic rings. The van der Waals surface area contributed by atoms with E-state index in [1.807, 2.05) is 22.8 Å². The summed E-state index contributed by atoms with van der Waals surface area (Å²) < 4.78 is 7.21. The first-order valence-electron chi connectivity index (χ1n) is 8.36. The normalized spacial score (nSPS) is 11.3. The van der Waals surface area contributed by atoms with Crippen molar-refractivity contribution in [2.24, 2.45) is 0 Å². The Bertz CT molecular complexity index is 961. The minimum Gasteiger partial charge on any atom is -0.497 e. The van der Waals surface area contributed by atoms with E-state index in [9.17, 15) is 9.59 Å². The first-order chi connectivity index (χ1) is 12.1. The molecule has 2 aliphatic rings. The van der Waals surface area contributed by atoms with Crippen LogP contribution >= 0.6 is 0 Å². The molecule has 3 rings (SSSR count). The topological polar surface area (TPSA) is 97.2 Å². The number of methoxy groups -OCH3 is 1. The van der Waals surface area contributed by atoms with E-state index in [1.54, 1.807) is 13.2 Å². The number of fused-ring (bicyclic) bond motifs is 2. The predicted octanol–water partition coefficient (Wildman–Crippen LogP) is 1.75. The Morgan fingerprint density at radius 3 is 2.72 bits per heavy atom. The number of benzene rings is 1. The highest BCUT2D eigenvalue weighted by Crippen LogP contribution is 2.27. The Hall–Kier alpha value is -2.67. The van der Waals surface area contributed by atoms with Gasteiger partial charge in [0.05, 0.1) is 18.2 Å². The van der Waals surface area contributed by atoms with Gasteiger partial charge in [0.15, 0.2) is 5.82 Å². The fraction of sp³-hybridized carbons (Fsp3) is 0.389. The molecule has 132 valence electrons. The first-order valence-corrected chi connectivity index (χ1v) is 8.36. The number of nitrogens with zero attached hydrogens (tertiary/aromatic N) is 2. The number of aromatic amines is 1. The molecule has 1 aromatic carbocycles. The minimum atomic E-state index is -0.645. The van der Waals surface area contributed by atoms with Gasteiger partial charge in [-0.15, -0.1) is 0 Å². The number of H-pyrrole nitrogens is 1. The van der Waals surface area contributed by atoms with E-state index in [-0.39, 0.29) is 6.61 Å². The molecule has 0 fully saturated rings. The Morgan fingerprint density at radius 1 is 1.16 bits per heavy atom. The second-order valence-electron chi connectivity index (χ2n) is 5.97. The number of nitrogens with one attached hydrogen (secondary N) is 1. The standard InChI is InChI=1S/C18H21N3O4/c1-25-13-7-6-12-10-14-16(19-18(24)20-17(14)23)21(15(12)11-13)8-4-2-3-5-9-22/h6-7,10-11,22H,2-5,8-9H2,1H3,(H,20,23,24). The van der Waals surface area contributed by atoms with Gasteiger partial charge in [0.2, 0.25) is 0 Å². The molecule has 25 heavy (non-hydrogen) atoms. The summed E-state index contributed by atoms with van der Waals surface area (Å²) in [6.07, 6.45) is 3.52. The summed E-state index contributed by atoms with van der Waals surface area (Å²) >= 11 is 0. The summed E-state index contributed by atoms with van der Waals surface area (Å²) in [4.78, 5) is 30.1. The van der Waals surface area contributed by atoms with Crippen molar-refractivity contribution in [2.45, 2.75) is 32.2 Å². The molecule has 0 spiro atoms. The van der Waals surface area contributed by atoms with Gasteiger partial charge in [-0.05, 0) is 36.4 Å². The molecule has 0 aliphatic carbocycles. The molecule has 0 aromatic heterocycles. The van der Waals surface area contributed by atoms with Gasteiger partial charge in [-0.3, -0.25) is 9.78 Å². The van der Waals surface area contributed by atoms with E-state index in [4.69, 9.17) is 9.84 Å². The quantitative estimate of drug-likeness (QED) is 0.503. The van der Waals surface area contributed by atoms with Crippen LogP contribution in [0, 0.1) is 0 Å². The highest BCUT2D eigenvalue weighted by molar-refractivity contribution is 5.86. The molecular formula is C18H21N3O4. The Morgan fingerprint density at radius 2 is 1.96 bits per heavy atom. The van der Waals surface area contributed by atoms with Gasteiger partial charge in [-0.25, -0.2) is 4.79 Å². The highest BCUT2D eigenvalue weighted by atomic mass is 16.5. The molecule has 7 nitrogen and oxygen atoms in total. The molecule has 0 unspecified atom stereocenters. The predicted molar refractivity (Wildman–Crippen MR) is 95.4 cm³/mol. The van der Waals surface area contributed by atoms with Gasteiger partial charge in [-0.2, -0.15) is 4.98 Å². The third-order valence-electron chi connectivity index (χ3n) is 4.29. The number of rotatable bonds is 7. The van der Waals surface area contributed by atoms with Crippen LogP contribution in [-0.4, -0.2) is 33.4 Å². The van der Waals surface area contributed by atoms with Gasteiger partial charge in [0, 0.05) is 19.2 Å². The molecule has 0 amide bonds. The average Bonchev–Trinajstić information content (AvgIpc) is 2.61. The largest absolute Gasteiger partial charge is 0.497 e. The van der Waals surface area contributed by atoms with Crippen LogP contribution in [0.25, 0.3) is 22.3 Å². The van der Waals surface area contributed by atoms with E-state index in [2.05, 4.69) is 9.97 Å². The van der Waals surface area contributed by atoms with Gasteiger partial charge in [0.1, 0.15) is 5.75 Å². The summed E-state index contributed by atoms with van der Waals surface area (Å²) in [5.74, 6) is 1.09. The van der Waals surface area contributed by atoms with Crippen LogP contribution in [0.3, 0.4) is 0 Å². The molecule has 7 heteroatoms. The Balaban J connectivity index is 2.13. The van der Waals surface area contributed by atoms with Crippen LogP contribution in [0.1, 0.15) is 25.7 Å². The van der Waals surface area contributed by atoms with Crippen molar-refractivity contribution in [3.63, 3.8) is 0 Å². The zero-order valence-electron chi connectivity index (χ0n) is 14.1. The SMILES string of the molecule is COc1ccc2cc3c(=O)[nH]c(=O)nc-3n(CCCCCCO)c2c1. The molecule has 2 N–H and O–H groups in total. The summed E-state index contributed by atoms with van der Waals surface area (Å²) in [7, 11) is 1.60. The number of aryl methyl sites for hydroxylation is 1. The second kappa shape index (κ2) is 7.48. The van der Waals surface area contributed by atoms with Crippen molar-refractivity contribution in [3.05, 3.63) is 45.1 Å². The summed E-state index contributed by atoms with van der Waals surface area (Å²) in [6.45, 7) is 0.820. The van der Waals surface area contributed by atoms with Crippen molar-refractivity contribution in [3.8, 4) is 17.1 Å². The average molecular weight is 343 g/mol. The van der Waals surface area contributed by atoms with Gasteiger partial charge >= 0.3 is 5.69 Å². The van der Waals surface area contributed by atoms with Crippen molar-refractivity contribution >= 4 is 10.9 Å². The van der Waals surface area contributed by atoms with E-state index < -0.39 is 11.2 Å². The lowest BCUT2D eigenvalue weighted by molar-refractivity contribution is 0.282. The van der Waals surface area contributed by atoms with Crippen molar-refractivity contribution in [2.75, 3.05) is 13.7 Å². The lowest BCUT2D eigenvalue weighted by Gasteiger charge is -2.18. The molecule has 0 bridgehead atoms. The van der Waals surface area contributed by atoms with E-state index >= 15 is 0 Å². The maximum Gasteiger partial charge on any atom is 0.349 e. The highest BCUT2D eigenvalue weighted by Gasteiger charge is 2.17. The number of unbranched alkanes of at least 4 members (excludes halogenated alkanes) is 3. The van der Waals surface area contributed by atoms with Crippen LogP contribution in [0.15, 0.2) is 33.9 Å². The third kappa shape index (κ3) is 3.56. The van der Waals surface area contributed by atoms with Crippen LogP contribution < -0.4 is 16.0 Å². The van der Waals surface area contributed by atoms with Crippen LogP contribution in [0.2, 0.25) is 0 Å². The summed E-state index contributed by atoms with van der Waals surface area (Å²) in [5.41, 5.74) is 0.189. The van der Waals surface area contributed by atoms with Crippen molar-refractivity contribution in [1.29, 1.82) is 0 Å². The van der Waals surface area contributed by atoms with E-state index in [1.165, 1.54) is 0 Å². The monoisotopic (exact) mass is 343 g/mol. The van der Waals surface area contributed by atoms with E-state index in [0.717, 1.165) is 36.6 Å². The maximum absolute atomic E-state index is 12.2. The smallest absolute Gasteiger partial charge is 0.349 e. The minimum absolute atomic E-state index is 0.192. The Kier molecular flexibility index (Phi) is 5.14. The van der Waals surface area contributed by atoms with Gasteiger partial charge < -0.3 is 14.4 Å². The van der Waals surface area contributed by atoms with E-state index in [0.29, 0.717) is 23.7 Å². The number of aromatic nitrogens is 3. The number of aliphatic hydroxyl groups excluding tert-OH is 1. The molecule has 2 heterocycles. The summed E-state index contributed by atoms with van der Waals surface area (Å²) in [5, 5.41) is 9.77. The zero-order valence-corrected chi connectivity index (χ0v) is 14.1. The molecule has 2 aliphatic heterocycles. The number of aliphatic hydroxyl groups is 1. The summed E-state index contributed by atoms with van der Waals surface area (Å²) in [6, 6.07) is 7.36. The zero-order chi connectivity index (χ0) is 17.8. The number of hydrogen-bond donors (Lipinski definition) is 2.